The lowest BCUT2D eigenvalue weighted by Crippen LogP contribution is -1.88. The third-order valence-electron chi connectivity index (χ3n) is 2.09. The minimum atomic E-state index is 0.505. The van der Waals surface area contributed by atoms with Crippen molar-refractivity contribution in [2.75, 3.05) is 5.73 Å². The zero-order valence-electron chi connectivity index (χ0n) is 7.74. The van der Waals surface area contributed by atoms with Crippen LogP contribution in [0, 0.1) is 0 Å². The summed E-state index contributed by atoms with van der Waals surface area (Å²) in [4.78, 5) is 4.33. The highest BCUT2D eigenvalue weighted by atomic mass is 32.1. The van der Waals surface area contributed by atoms with Crippen LogP contribution in [-0.4, -0.2) is 4.98 Å². The number of hydrogen-bond donors (Lipinski definition) is 1. The van der Waals surface area contributed by atoms with Crippen LogP contribution >= 0.6 is 11.3 Å². The highest BCUT2D eigenvalue weighted by molar-refractivity contribution is 7.22. The molecule has 0 spiro atoms. The van der Waals surface area contributed by atoms with Crippen LogP contribution in [-0.2, 0) is 0 Å². The molecule has 0 aliphatic heterocycles. The summed E-state index contributed by atoms with van der Waals surface area (Å²) >= 11 is 1.55. The van der Waals surface area contributed by atoms with Crippen molar-refractivity contribution >= 4 is 26.7 Å². The molecule has 2 nitrogen and oxygen atoms in total. The molecular weight excluding hydrogens is 180 g/mol. The maximum absolute atomic E-state index is 5.67. The predicted octanol–water partition coefficient (Wildman–Crippen LogP) is 3.00. The van der Waals surface area contributed by atoms with Crippen molar-refractivity contribution in [3.05, 3.63) is 23.8 Å². The Balaban J connectivity index is 2.75. The summed E-state index contributed by atoms with van der Waals surface area (Å²) in [6.45, 7) is 4.34. The fourth-order valence-electron chi connectivity index (χ4n) is 1.45. The van der Waals surface area contributed by atoms with E-state index in [1.807, 2.05) is 0 Å². The molecule has 0 amide bonds. The Morgan fingerprint density at radius 2 is 2.15 bits per heavy atom. The first-order valence-electron chi connectivity index (χ1n) is 4.33. The van der Waals surface area contributed by atoms with Gasteiger partial charge in [0, 0.05) is 0 Å². The molecule has 0 saturated carbocycles. The minimum Gasteiger partial charge on any atom is -0.375 e. The van der Waals surface area contributed by atoms with Gasteiger partial charge in [0.1, 0.15) is 0 Å². The zero-order chi connectivity index (χ0) is 9.42. The first kappa shape index (κ1) is 8.51. The van der Waals surface area contributed by atoms with E-state index in [1.165, 1.54) is 10.3 Å². The lowest BCUT2D eigenvalue weighted by atomic mass is 10.0. The lowest BCUT2D eigenvalue weighted by Gasteiger charge is -2.04. The maximum Gasteiger partial charge on any atom is 0.181 e. The number of benzene rings is 1. The van der Waals surface area contributed by atoms with Crippen LogP contribution in [0.15, 0.2) is 18.2 Å². The second-order valence-electron chi connectivity index (χ2n) is 3.40. The molecule has 0 atom stereocenters. The Morgan fingerprint density at radius 1 is 1.38 bits per heavy atom. The molecule has 0 aliphatic carbocycles. The average Bonchev–Trinajstić information content (AvgIpc) is 2.43. The van der Waals surface area contributed by atoms with E-state index in [2.05, 4.69) is 37.0 Å². The summed E-state index contributed by atoms with van der Waals surface area (Å²) in [5.41, 5.74) is 8.02. The lowest BCUT2D eigenvalue weighted by molar-refractivity contribution is 0.874. The fraction of sp³-hybridized carbons (Fsp3) is 0.300. The zero-order valence-corrected chi connectivity index (χ0v) is 8.56. The van der Waals surface area contributed by atoms with E-state index >= 15 is 0 Å². The van der Waals surface area contributed by atoms with Crippen LogP contribution in [0.4, 0.5) is 5.13 Å². The number of aromatic nitrogens is 1. The molecule has 1 heterocycles. The van der Waals surface area contributed by atoms with Crippen molar-refractivity contribution in [2.45, 2.75) is 19.8 Å². The summed E-state index contributed by atoms with van der Waals surface area (Å²) in [5.74, 6) is 0.505. The van der Waals surface area contributed by atoms with E-state index in [0.29, 0.717) is 11.0 Å². The number of para-hydroxylation sites is 1. The van der Waals surface area contributed by atoms with E-state index in [-0.39, 0.29) is 0 Å². The van der Waals surface area contributed by atoms with Crippen molar-refractivity contribution in [3.8, 4) is 0 Å². The van der Waals surface area contributed by atoms with Gasteiger partial charge in [-0.2, -0.15) is 0 Å². The third kappa shape index (κ3) is 1.40. The SMILES string of the molecule is CC(C)c1cccc2sc(N)nc12. The predicted molar refractivity (Wildman–Crippen MR) is 58.1 cm³/mol. The Labute approximate surface area is 81.4 Å². The number of nitrogens with two attached hydrogens (primary N) is 1. The van der Waals surface area contributed by atoms with Crippen molar-refractivity contribution in [1.82, 2.24) is 4.98 Å². The Morgan fingerprint density at radius 3 is 2.85 bits per heavy atom. The quantitative estimate of drug-likeness (QED) is 0.754. The van der Waals surface area contributed by atoms with Crippen LogP contribution in [0.1, 0.15) is 25.3 Å². The van der Waals surface area contributed by atoms with E-state index in [4.69, 9.17) is 5.73 Å². The molecule has 3 heteroatoms. The number of nitrogen functional groups attached to an aromatic ring is 1. The molecule has 2 N–H and O–H groups in total. The highest BCUT2D eigenvalue weighted by Crippen LogP contribution is 2.29. The van der Waals surface area contributed by atoms with E-state index in [1.54, 1.807) is 11.3 Å². The first-order chi connectivity index (χ1) is 6.18. The van der Waals surface area contributed by atoms with Crippen molar-refractivity contribution in [2.24, 2.45) is 0 Å². The van der Waals surface area contributed by atoms with Crippen LogP contribution < -0.4 is 5.73 Å². The molecule has 1 aromatic carbocycles. The molecule has 0 saturated heterocycles. The third-order valence-corrected chi connectivity index (χ3v) is 2.94. The van der Waals surface area contributed by atoms with Crippen LogP contribution in [0.3, 0.4) is 0 Å². The van der Waals surface area contributed by atoms with Crippen LogP contribution in [0.25, 0.3) is 10.2 Å². The number of fused-ring (bicyclic) bond motifs is 1. The van der Waals surface area contributed by atoms with Gasteiger partial charge in [-0.1, -0.05) is 37.3 Å². The summed E-state index contributed by atoms with van der Waals surface area (Å²) in [5, 5.41) is 0.656. The Bertz CT molecular complexity index is 431. The summed E-state index contributed by atoms with van der Waals surface area (Å²) in [6.07, 6.45) is 0. The smallest absolute Gasteiger partial charge is 0.181 e. The van der Waals surface area contributed by atoms with E-state index in [9.17, 15) is 0 Å². The van der Waals surface area contributed by atoms with Gasteiger partial charge in [0.05, 0.1) is 10.2 Å². The van der Waals surface area contributed by atoms with Gasteiger partial charge in [0.2, 0.25) is 0 Å². The van der Waals surface area contributed by atoms with E-state index < -0.39 is 0 Å². The Kier molecular flexibility index (Phi) is 1.96. The minimum absolute atomic E-state index is 0.505. The van der Waals surface area contributed by atoms with Gasteiger partial charge >= 0.3 is 0 Å². The van der Waals surface area contributed by atoms with Crippen LogP contribution in [0.2, 0.25) is 0 Å². The van der Waals surface area contributed by atoms with Gasteiger partial charge in [-0.3, -0.25) is 0 Å². The fourth-order valence-corrected chi connectivity index (χ4v) is 2.22. The Hall–Kier alpha value is -1.09. The molecule has 2 rings (SSSR count). The second kappa shape index (κ2) is 3.00. The van der Waals surface area contributed by atoms with Crippen molar-refractivity contribution in [1.29, 1.82) is 0 Å². The largest absolute Gasteiger partial charge is 0.375 e. The monoisotopic (exact) mass is 192 g/mol. The summed E-state index contributed by atoms with van der Waals surface area (Å²) in [7, 11) is 0. The van der Waals surface area contributed by atoms with Gasteiger partial charge in [0.15, 0.2) is 5.13 Å². The molecule has 0 bridgehead atoms. The van der Waals surface area contributed by atoms with Gasteiger partial charge in [-0.05, 0) is 17.5 Å². The molecule has 2 aromatic rings. The first-order valence-corrected chi connectivity index (χ1v) is 5.15. The molecular formula is C10H12N2S. The number of thiazole rings is 1. The van der Waals surface area contributed by atoms with Gasteiger partial charge in [0.25, 0.3) is 0 Å². The number of rotatable bonds is 1. The number of hydrogen-bond acceptors (Lipinski definition) is 3. The molecule has 0 fully saturated rings. The number of nitrogens with zero attached hydrogens (tertiary/aromatic N) is 1. The summed E-state index contributed by atoms with van der Waals surface area (Å²) in [6, 6.07) is 6.25. The van der Waals surface area contributed by atoms with Gasteiger partial charge in [-0.15, -0.1) is 0 Å². The topological polar surface area (TPSA) is 38.9 Å². The van der Waals surface area contributed by atoms with Gasteiger partial charge in [-0.25, -0.2) is 4.98 Å². The maximum atomic E-state index is 5.67. The second-order valence-corrected chi connectivity index (χ2v) is 4.46. The molecule has 1 aromatic heterocycles. The van der Waals surface area contributed by atoms with E-state index in [0.717, 1.165) is 5.52 Å². The highest BCUT2D eigenvalue weighted by Gasteiger charge is 2.08. The normalized spacial score (nSPS) is 11.3. The number of anilines is 1. The van der Waals surface area contributed by atoms with Gasteiger partial charge < -0.3 is 5.73 Å². The molecule has 0 unspecified atom stereocenters. The van der Waals surface area contributed by atoms with Crippen LogP contribution in [0.5, 0.6) is 0 Å². The average molecular weight is 192 g/mol. The summed E-state index contributed by atoms with van der Waals surface area (Å²) < 4.78 is 1.18. The molecule has 0 radical (unpaired) electrons. The molecule has 0 aliphatic rings. The molecule has 13 heavy (non-hydrogen) atoms. The van der Waals surface area contributed by atoms with Crippen molar-refractivity contribution in [3.63, 3.8) is 0 Å². The molecule has 68 valence electrons. The standard InChI is InChI=1S/C10H12N2S/c1-6(2)7-4-3-5-8-9(7)12-10(11)13-8/h3-6H,1-2H3,(H2,11,12). The van der Waals surface area contributed by atoms with Crippen molar-refractivity contribution < 1.29 is 0 Å².